The first-order chi connectivity index (χ1) is 16.4. The summed E-state index contributed by atoms with van der Waals surface area (Å²) in [6, 6.07) is 12.8. The number of hydrogen-bond donors (Lipinski definition) is 1. The van der Waals surface area contributed by atoms with Gasteiger partial charge in [-0.15, -0.1) is 0 Å². The van der Waals surface area contributed by atoms with Gasteiger partial charge >= 0.3 is 0 Å². The third-order valence-corrected chi connectivity index (χ3v) is 6.42. The number of nitrogens with zero attached hydrogens (tertiary/aromatic N) is 4. The molecule has 3 heterocycles. The van der Waals surface area contributed by atoms with E-state index in [1.165, 1.54) is 4.68 Å². The van der Waals surface area contributed by atoms with E-state index in [-0.39, 0.29) is 17.5 Å². The molecule has 3 aromatic rings. The molecule has 0 aliphatic carbocycles. The van der Waals surface area contributed by atoms with E-state index in [1.807, 2.05) is 25.1 Å². The molecule has 0 bridgehead atoms. The smallest absolute Gasteiger partial charge is 0.277 e. The average Bonchev–Trinajstić information content (AvgIpc) is 3.43. The SMILES string of the molecule is COc1ccc(-n2nc(C(N)=O)c3c2C(=O)N(c2ccc(N4CCCC4=O)c(C)c2)CC3)cc1. The maximum absolute atomic E-state index is 13.7. The standard InChI is InChI=1S/C25H25N5O4/c1-15-14-17(7-10-20(15)29-12-3-4-21(29)31)28-13-11-19-22(24(26)32)27-30(23(19)25(28)33)16-5-8-18(34-2)9-6-16/h5-10,14H,3-4,11-13H2,1-2H3,(H2,26,32). The largest absolute Gasteiger partial charge is 0.497 e. The first kappa shape index (κ1) is 21.7. The fraction of sp³-hybridized carbons (Fsp3) is 0.280. The number of benzene rings is 2. The third kappa shape index (κ3) is 3.49. The molecule has 5 rings (SSSR count). The minimum Gasteiger partial charge on any atom is -0.497 e. The number of fused-ring (bicyclic) bond motifs is 1. The number of carbonyl (C=O) groups excluding carboxylic acids is 3. The Hall–Kier alpha value is -4.14. The van der Waals surface area contributed by atoms with E-state index in [2.05, 4.69) is 5.10 Å². The number of hydrogen-bond acceptors (Lipinski definition) is 5. The zero-order chi connectivity index (χ0) is 24.0. The van der Waals surface area contributed by atoms with Crippen LogP contribution >= 0.6 is 0 Å². The summed E-state index contributed by atoms with van der Waals surface area (Å²) in [5.74, 6) is -0.140. The highest BCUT2D eigenvalue weighted by atomic mass is 16.5. The minimum absolute atomic E-state index is 0.109. The highest BCUT2D eigenvalue weighted by molar-refractivity contribution is 6.09. The number of nitrogens with two attached hydrogens (primary N) is 1. The first-order valence-corrected chi connectivity index (χ1v) is 11.2. The Balaban J connectivity index is 1.54. The van der Waals surface area contributed by atoms with E-state index < -0.39 is 5.91 Å². The highest BCUT2D eigenvalue weighted by Crippen LogP contribution is 2.33. The molecule has 0 spiro atoms. The number of methoxy groups -OCH3 is 1. The molecule has 2 aliphatic rings. The summed E-state index contributed by atoms with van der Waals surface area (Å²) < 4.78 is 6.70. The second kappa shape index (κ2) is 8.33. The lowest BCUT2D eigenvalue weighted by molar-refractivity contribution is -0.117. The molecule has 0 atom stereocenters. The maximum atomic E-state index is 13.7. The van der Waals surface area contributed by atoms with Crippen LogP contribution in [0.2, 0.25) is 0 Å². The van der Waals surface area contributed by atoms with Crippen molar-refractivity contribution in [3.8, 4) is 11.4 Å². The predicted molar refractivity (Wildman–Crippen MR) is 127 cm³/mol. The second-order valence-corrected chi connectivity index (χ2v) is 8.48. The molecule has 0 saturated carbocycles. The van der Waals surface area contributed by atoms with Crippen LogP contribution in [0.5, 0.6) is 5.75 Å². The summed E-state index contributed by atoms with van der Waals surface area (Å²) in [5, 5.41) is 4.40. The summed E-state index contributed by atoms with van der Waals surface area (Å²) in [4.78, 5) is 41.4. The van der Waals surface area contributed by atoms with Crippen molar-refractivity contribution in [2.75, 3.05) is 30.0 Å². The number of anilines is 2. The molecule has 1 saturated heterocycles. The lowest BCUT2D eigenvalue weighted by Gasteiger charge is -2.29. The van der Waals surface area contributed by atoms with Crippen LogP contribution in [-0.2, 0) is 11.2 Å². The molecule has 0 unspecified atom stereocenters. The zero-order valence-electron chi connectivity index (χ0n) is 19.1. The van der Waals surface area contributed by atoms with Crippen LogP contribution < -0.4 is 20.3 Å². The molecule has 2 N–H and O–H groups in total. The molecule has 34 heavy (non-hydrogen) atoms. The number of rotatable bonds is 5. The Morgan fingerprint density at radius 3 is 2.35 bits per heavy atom. The van der Waals surface area contributed by atoms with Crippen molar-refractivity contribution in [3.05, 3.63) is 65.0 Å². The van der Waals surface area contributed by atoms with Gasteiger partial charge in [0.05, 0.1) is 12.8 Å². The summed E-state index contributed by atoms with van der Waals surface area (Å²) in [5.41, 5.74) is 9.72. The van der Waals surface area contributed by atoms with Gasteiger partial charge in [-0.1, -0.05) is 0 Å². The summed E-state index contributed by atoms with van der Waals surface area (Å²) in [7, 11) is 1.57. The molecule has 0 radical (unpaired) electrons. The summed E-state index contributed by atoms with van der Waals surface area (Å²) in [6.07, 6.45) is 1.86. The lowest BCUT2D eigenvalue weighted by Crippen LogP contribution is -2.39. The number of aromatic nitrogens is 2. The van der Waals surface area contributed by atoms with Gasteiger partial charge in [0.2, 0.25) is 5.91 Å². The monoisotopic (exact) mass is 459 g/mol. The lowest BCUT2D eigenvalue weighted by atomic mass is 10.0. The van der Waals surface area contributed by atoms with Gasteiger partial charge in [-0.2, -0.15) is 5.10 Å². The molecule has 2 aromatic carbocycles. The molecule has 9 nitrogen and oxygen atoms in total. The van der Waals surface area contributed by atoms with Gasteiger partial charge in [-0.3, -0.25) is 14.4 Å². The number of aryl methyl sites for hydroxylation is 1. The van der Waals surface area contributed by atoms with E-state index in [0.29, 0.717) is 48.6 Å². The fourth-order valence-electron chi connectivity index (χ4n) is 4.73. The number of amides is 3. The van der Waals surface area contributed by atoms with Crippen LogP contribution in [0, 0.1) is 6.92 Å². The Bertz CT molecular complexity index is 1310. The van der Waals surface area contributed by atoms with E-state index >= 15 is 0 Å². The van der Waals surface area contributed by atoms with Gasteiger partial charge in [0.15, 0.2) is 5.69 Å². The Labute approximate surface area is 196 Å². The van der Waals surface area contributed by atoms with Crippen molar-refractivity contribution < 1.29 is 19.1 Å². The molecule has 1 fully saturated rings. The van der Waals surface area contributed by atoms with Crippen molar-refractivity contribution in [1.29, 1.82) is 0 Å². The average molecular weight is 460 g/mol. The van der Waals surface area contributed by atoms with Crippen LogP contribution in [0.3, 0.4) is 0 Å². The van der Waals surface area contributed by atoms with Crippen molar-refractivity contribution >= 4 is 29.1 Å². The van der Waals surface area contributed by atoms with E-state index in [4.69, 9.17) is 10.5 Å². The van der Waals surface area contributed by atoms with E-state index in [0.717, 1.165) is 23.4 Å². The normalized spacial score (nSPS) is 15.6. The topological polar surface area (TPSA) is 111 Å². The van der Waals surface area contributed by atoms with Gasteiger partial charge in [0, 0.05) is 36.4 Å². The maximum Gasteiger partial charge on any atom is 0.277 e. The van der Waals surface area contributed by atoms with Gasteiger partial charge in [-0.25, -0.2) is 4.68 Å². The minimum atomic E-state index is -0.666. The molecule has 174 valence electrons. The Kier molecular flexibility index (Phi) is 5.31. The molecule has 2 aliphatic heterocycles. The number of primary amides is 1. The Morgan fingerprint density at radius 1 is 1.00 bits per heavy atom. The van der Waals surface area contributed by atoms with Gasteiger partial charge in [0.1, 0.15) is 11.4 Å². The predicted octanol–water partition coefficient (Wildman–Crippen LogP) is 2.62. The van der Waals surface area contributed by atoms with Crippen molar-refractivity contribution in [3.63, 3.8) is 0 Å². The van der Waals surface area contributed by atoms with Crippen LogP contribution in [0.4, 0.5) is 11.4 Å². The van der Waals surface area contributed by atoms with Crippen molar-refractivity contribution in [1.82, 2.24) is 9.78 Å². The van der Waals surface area contributed by atoms with Crippen molar-refractivity contribution in [2.24, 2.45) is 5.73 Å². The molecule has 9 heteroatoms. The molecular weight excluding hydrogens is 434 g/mol. The molecule has 1 aromatic heterocycles. The van der Waals surface area contributed by atoms with E-state index in [9.17, 15) is 14.4 Å². The summed E-state index contributed by atoms with van der Waals surface area (Å²) in [6.45, 7) is 3.04. The van der Waals surface area contributed by atoms with Gasteiger partial charge < -0.3 is 20.3 Å². The van der Waals surface area contributed by atoms with E-state index in [1.54, 1.807) is 41.2 Å². The Morgan fingerprint density at radius 2 is 1.74 bits per heavy atom. The quantitative estimate of drug-likeness (QED) is 0.631. The third-order valence-electron chi connectivity index (χ3n) is 6.42. The highest BCUT2D eigenvalue weighted by Gasteiger charge is 2.35. The van der Waals surface area contributed by atoms with Crippen LogP contribution in [-0.4, -0.2) is 47.7 Å². The van der Waals surface area contributed by atoms with Crippen LogP contribution in [0.25, 0.3) is 5.69 Å². The fourth-order valence-corrected chi connectivity index (χ4v) is 4.73. The van der Waals surface area contributed by atoms with Crippen molar-refractivity contribution in [2.45, 2.75) is 26.2 Å². The summed E-state index contributed by atoms with van der Waals surface area (Å²) >= 11 is 0. The molecular formula is C25H25N5O4. The molecule has 3 amide bonds. The second-order valence-electron chi connectivity index (χ2n) is 8.48. The number of carbonyl (C=O) groups is 3. The zero-order valence-corrected chi connectivity index (χ0v) is 19.1. The van der Waals surface area contributed by atoms with Crippen LogP contribution in [0.15, 0.2) is 42.5 Å². The van der Waals surface area contributed by atoms with Gasteiger partial charge in [-0.05, 0) is 67.8 Å². The van der Waals surface area contributed by atoms with Gasteiger partial charge in [0.25, 0.3) is 11.8 Å². The van der Waals surface area contributed by atoms with Crippen LogP contribution in [0.1, 0.15) is 44.9 Å². The number of ether oxygens (including phenoxy) is 1. The first-order valence-electron chi connectivity index (χ1n) is 11.2.